The molecule has 1 heterocycles. The molecule has 4 nitrogen and oxygen atoms in total. The Balaban J connectivity index is 2.40. The van der Waals surface area contributed by atoms with E-state index in [-0.39, 0.29) is 18.7 Å². The van der Waals surface area contributed by atoms with Crippen molar-refractivity contribution in [1.29, 1.82) is 0 Å². The van der Waals surface area contributed by atoms with Crippen molar-refractivity contribution in [3.8, 4) is 0 Å². The van der Waals surface area contributed by atoms with Gasteiger partial charge in [-0.2, -0.15) is 4.39 Å². The van der Waals surface area contributed by atoms with Gasteiger partial charge < -0.3 is 4.90 Å². The second kappa shape index (κ2) is 3.90. The molecular formula is C10H9F3N2O2. The number of rotatable bonds is 2. The third-order valence-corrected chi connectivity index (χ3v) is 2.66. The van der Waals surface area contributed by atoms with Crippen molar-refractivity contribution in [2.45, 2.75) is 12.3 Å². The van der Waals surface area contributed by atoms with Crippen LogP contribution in [-0.4, -0.2) is 23.9 Å². The van der Waals surface area contributed by atoms with E-state index in [9.17, 15) is 23.3 Å². The fourth-order valence-electron chi connectivity index (χ4n) is 1.88. The fourth-order valence-corrected chi connectivity index (χ4v) is 1.88. The van der Waals surface area contributed by atoms with Gasteiger partial charge in [-0.15, -0.1) is 0 Å². The molecular weight excluding hydrogens is 237 g/mol. The predicted molar refractivity (Wildman–Crippen MR) is 54.8 cm³/mol. The zero-order valence-electron chi connectivity index (χ0n) is 8.70. The molecule has 0 radical (unpaired) electrons. The second-order valence-corrected chi connectivity index (χ2v) is 3.89. The summed E-state index contributed by atoms with van der Waals surface area (Å²) in [4.78, 5) is 11.0. The summed E-state index contributed by atoms with van der Waals surface area (Å²) in [6.45, 7) is -0.630. The Kier molecular flexibility index (Phi) is 2.68. The molecule has 7 heteroatoms. The van der Waals surface area contributed by atoms with Crippen molar-refractivity contribution in [1.82, 2.24) is 0 Å². The van der Waals surface area contributed by atoms with Gasteiger partial charge in [-0.25, -0.2) is 8.78 Å². The van der Waals surface area contributed by atoms with E-state index in [0.717, 1.165) is 11.0 Å². The fraction of sp³-hybridized carbons (Fsp3) is 0.400. The van der Waals surface area contributed by atoms with Gasteiger partial charge in [0.1, 0.15) is 5.69 Å². The maximum absolute atomic E-state index is 13.3. The highest BCUT2D eigenvalue weighted by Crippen LogP contribution is 2.36. The Labute approximate surface area is 94.8 Å². The average molecular weight is 246 g/mol. The van der Waals surface area contributed by atoms with Gasteiger partial charge in [0.25, 0.3) is 5.92 Å². The van der Waals surface area contributed by atoms with Crippen LogP contribution in [0.2, 0.25) is 0 Å². The predicted octanol–water partition coefficient (Wildman–Crippen LogP) is 2.58. The lowest BCUT2D eigenvalue weighted by Crippen LogP contribution is -2.25. The molecule has 0 aliphatic carbocycles. The lowest BCUT2D eigenvalue weighted by molar-refractivity contribution is -0.386. The van der Waals surface area contributed by atoms with Crippen molar-refractivity contribution in [2.75, 3.05) is 18.0 Å². The van der Waals surface area contributed by atoms with Gasteiger partial charge in [0.15, 0.2) is 0 Å². The van der Waals surface area contributed by atoms with E-state index in [1.807, 2.05) is 0 Å². The zero-order chi connectivity index (χ0) is 12.6. The molecule has 1 aliphatic heterocycles. The topological polar surface area (TPSA) is 46.4 Å². The summed E-state index contributed by atoms with van der Waals surface area (Å²) >= 11 is 0. The molecule has 0 bridgehead atoms. The molecule has 2 rings (SSSR count). The van der Waals surface area contributed by atoms with Crippen molar-refractivity contribution < 1.29 is 18.1 Å². The minimum Gasteiger partial charge on any atom is -0.360 e. The van der Waals surface area contributed by atoms with Crippen molar-refractivity contribution >= 4 is 11.4 Å². The van der Waals surface area contributed by atoms with Crippen LogP contribution < -0.4 is 4.90 Å². The number of halogens is 3. The molecule has 1 saturated heterocycles. The largest absolute Gasteiger partial charge is 0.360 e. The van der Waals surface area contributed by atoms with E-state index in [1.165, 1.54) is 12.1 Å². The highest BCUT2D eigenvalue weighted by molar-refractivity contribution is 5.64. The molecule has 0 spiro atoms. The number of para-hydroxylation sites is 1. The normalized spacial score (nSPS) is 18.4. The average Bonchev–Trinajstić information content (AvgIpc) is 2.57. The summed E-state index contributed by atoms with van der Waals surface area (Å²) in [5, 5.41) is 10.7. The Hall–Kier alpha value is -1.79. The van der Waals surface area contributed by atoms with Gasteiger partial charge in [0.2, 0.25) is 5.82 Å². The summed E-state index contributed by atoms with van der Waals surface area (Å²) in [6, 6.07) is 3.49. The van der Waals surface area contributed by atoms with Gasteiger partial charge in [-0.1, -0.05) is 6.07 Å². The summed E-state index contributed by atoms with van der Waals surface area (Å²) in [7, 11) is 0. The summed E-state index contributed by atoms with van der Waals surface area (Å²) < 4.78 is 39.3. The number of alkyl halides is 2. The van der Waals surface area contributed by atoms with Crippen LogP contribution in [0, 0.1) is 15.9 Å². The first-order chi connectivity index (χ1) is 7.91. The van der Waals surface area contributed by atoms with Crippen LogP contribution in [-0.2, 0) is 0 Å². The van der Waals surface area contributed by atoms with Gasteiger partial charge in [0, 0.05) is 13.0 Å². The van der Waals surface area contributed by atoms with Crippen LogP contribution in [0.25, 0.3) is 0 Å². The van der Waals surface area contributed by atoms with Crippen LogP contribution >= 0.6 is 0 Å². The number of nitrogens with zero attached hydrogens (tertiary/aromatic N) is 2. The first-order valence-electron chi connectivity index (χ1n) is 4.96. The number of benzene rings is 1. The Morgan fingerprint density at radius 1 is 1.41 bits per heavy atom. The molecule has 0 amide bonds. The number of nitro benzene ring substituents is 1. The maximum Gasteiger partial charge on any atom is 0.327 e. The highest BCUT2D eigenvalue weighted by atomic mass is 19.3. The smallest absolute Gasteiger partial charge is 0.327 e. The van der Waals surface area contributed by atoms with E-state index < -0.39 is 28.9 Å². The Morgan fingerprint density at radius 2 is 2.12 bits per heavy atom. The molecule has 17 heavy (non-hydrogen) atoms. The first-order valence-corrected chi connectivity index (χ1v) is 4.96. The molecule has 0 unspecified atom stereocenters. The van der Waals surface area contributed by atoms with Crippen LogP contribution in [0.1, 0.15) is 6.42 Å². The number of hydrogen-bond donors (Lipinski definition) is 0. The molecule has 92 valence electrons. The van der Waals surface area contributed by atoms with Crippen molar-refractivity contribution in [3.05, 3.63) is 34.1 Å². The van der Waals surface area contributed by atoms with Gasteiger partial charge in [-0.05, 0) is 12.1 Å². The van der Waals surface area contributed by atoms with Gasteiger partial charge in [-0.3, -0.25) is 10.1 Å². The minimum atomic E-state index is -2.87. The summed E-state index contributed by atoms with van der Waals surface area (Å²) in [6.07, 6.45) is -0.374. The molecule has 1 aromatic rings. The number of hydrogen-bond acceptors (Lipinski definition) is 3. The van der Waals surface area contributed by atoms with E-state index in [1.54, 1.807) is 0 Å². The molecule has 1 aromatic carbocycles. The van der Waals surface area contributed by atoms with Crippen molar-refractivity contribution in [3.63, 3.8) is 0 Å². The van der Waals surface area contributed by atoms with Crippen LogP contribution in [0.15, 0.2) is 18.2 Å². The van der Waals surface area contributed by atoms with Gasteiger partial charge in [0.05, 0.1) is 11.5 Å². The zero-order valence-corrected chi connectivity index (χ0v) is 8.70. The summed E-state index contributed by atoms with van der Waals surface area (Å²) in [5.74, 6) is -3.89. The molecule has 1 aliphatic rings. The van der Waals surface area contributed by atoms with E-state index >= 15 is 0 Å². The van der Waals surface area contributed by atoms with E-state index in [2.05, 4.69) is 0 Å². The molecule has 0 N–H and O–H groups in total. The lowest BCUT2D eigenvalue weighted by Gasteiger charge is -2.17. The molecule has 0 aromatic heterocycles. The minimum absolute atomic E-state index is 0.0166. The third kappa shape index (κ3) is 2.17. The maximum atomic E-state index is 13.3. The highest BCUT2D eigenvalue weighted by Gasteiger charge is 2.40. The van der Waals surface area contributed by atoms with Gasteiger partial charge >= 0.3 is 5.69 Å². The Bertz CT molecular complexity index is 465. The van der Waals surface area contributed by atoms with Crippen molar-refractivity contribution in [2.24, 2.45) is 0 Å². The second-order valence-electron chi connectivity index (χ2n) is 3.89. The summed E-state index contributed by atoms with van der Waals surface area (Å²) in [5.41, 5.74) is -0.836. The Morgan fingerprint density at radius 3 is 2.65 bits per heavy atom. The van der Waals surface area contributed by atoms with E-state index in [0.29, 0.717) is 0 Å². The van der Waals surface area contributed by atoms with Crippen LogP contribution in [0.4, 0.5) is 24.5 Å². The molecule has 0 atom stereocenters. The lowest BCUT2D eigenvalue weighted by atomic mass is 10.2. The standard InChI is InChI=1S/C10H9F3N2O2/c11-7-2-1-3-8(9(7)15(16)17)14-5-4-10(12,13)6-14/h1-3H,4-6H2. The first kappa shape index (κ1) is 11.7. The van der Waals surface area contributed by atoms with Crippen LogP contribution in [0.3, 0.4) is 0 Å². The van der Waals surface area contributed by atoms with Crippen LogP contribution in [0.5, 0.6) is 0 Å². The SMILES string of the molecule is O=[N+]([O-])c1c(F)cccc1N1CCC(F)(F)C1. The van der Waals surface area contributed by atoms with E-state index in [4.69, 9.17) is 0 Å². The quantitative estimate of drug-likeness (QED) is 0.595. The monoisotopic (exact) mass is 246 g/mol. The molecule has 1 fully saturated rings. The number of anilines is 1. The third-order valence-electron chi connectivity index (χ3n) is 2.66. The number of nitro groups is 1. The molecule has 0 saturated carbocycles.